The lowest BCUT2D eigenvalue weighted by Gasteiger charge is -2.56. The first kappa shape index (κ1) is 12.9. The molecule has 2 fully saturated rings. The summed E-state index contributed by atoms with van der Waals surface area (Å²) in [5, 5.41) is 10.5. The zero-order chi connectivity index (χ0) is 14.4. The third-order valence-corrected chi connectivity index (χ3v) is 6.22. The number of aliphatic hydroxyl groups excluding tert-OH is 1. The third kappa shape index (κ3) is 1.45. The molecule has 5 rings (SSSR count). The molecule has 1 saturated carbocycles. The molecule has 0 aromatic carbocycles. The van der Waals surface area contributed by atoms with Gasteiger partial charge in [-0.2, -0.15) is 0 Å². The van der Waals surface area contributed by atoms with Crippen LogP contribution in [0.4, 0.5) is 0 Å². The van der Waals surface area contributed by atoms with Crippen LogP contribution in [-0.4, -0.2) is 28.7 Å². The van der Waals surface area contributed by atoms with E-state index in [-0.39, 0.29) is 17.8 Å². The lowest BCUT2D eigenvalue weighted by Crippen LogP contribution is -2.59. The van der Waals surface area contributed by atoms with Crippen LogP contribution >= 0.6 is 0 Å². The highest BCUT2D eigenvalue weighted by Crippen LogP contribution is 2.65. The second-order valence-corrected chi connectivity index (χ2v) is 7.94. The Balaban J connectivity index is 1.67. The molecule has 3 nitrogen and oxygen atoms in total. The van der Waals surface area contributed by atoms with Crippen LogP contribution in [0.25, 0.3) is 0 Å². The number of allylic oxidation sites excluding steroid dienone is 1. The van der Waals surface area contributed by atoms with Crippen molar-refractivity contribution in [3.8, 4) is 0 Å². The summed E-state index contributed by atoms with van der Waals surface area (Å²) < 4.78 is 12.7. The van der Waals surface area contributed by atoms with Gasteiger partial charge < -0.3 is 14.6 Å². The van der Waals surface area contributed by atoms with Gasteiger partial charge in [-0.15, -0.1) is 0 Å². The minimum absolute atomic E-state index is 0.0725. The Morgan fingerprint density at radius 2 is 2.00 bits per heavy atom. The Kier molecular flexibility index (Phi) is 2.34. The van der Waals surface area contributed by atoms with Crippen molar-refractivity contribution >= 4 is 0 Å². The molecule has 0 amide bonds. The quantitative estimate of drug-likeness (QED) is 0.744. The van der Waals surface area contributed by atoms with Crippen molar-refractivity contribution in [2.75, 3.05) is 0 Å². The molecule has 0 aromatic rings. The molecule has 5 aliphatic rings. The van der Waals surface area contributed by atoms with E-state index in [9.17, 15) is 5.11 Å². The van der Waals surface area contributed by atoms with Gasteiger partial charge in [0.2, 0.25) is 0 Å². The summed E-state index contributed by atoms with van der Waals surface area (Å²) in [6.07, 6.45) is 7.78. The van der Waals surface area contributed by atoms with E-state index < -0.39 is 5.79 Å². The molecule has 1 aliphatic heterocycles. The molecular formula is C18H24O3. The van der Waals surface area contributed by atoms with E-state index in [1.165, 1.54) is 41.6 Å². The maximum atomic E-state index is 10.5. The zero-order valence-electron chi connectivity index (χ0n) is 12.9. The molecule has 1 saturated heterocycles. The average Bonchev–Trinajstić information content (AvgIpc) is 2.63. The van der Waals surface area contributed by atoms with E-state index >= 15 is 0 Å². The Morgan fingerprint density at radius 1 is 1.14 bits per heavy atom. The second-order valence-electron chi connectivity index (χ2n) is 7.94. The molecule has 21 heavy (non-hydrogen) atoms. The largest absolute Gasteiger partial charge is 0.388 e. The van der Waals surface area contributed by atoms with E-state index in [1.807, 2.05) is 13.8 Å². The molecule has 0 radical (unpaired) electrons. The maximum Gasteiger partial charge on any atom is 0.165 e. The van der Waals surface area contributed by atoms with Crippen LogP contribution in [-0.2, 0) is 9.47 Å². The van der Waals surface area contributed by atoms with E-state index in [0.717, 1.165) is 25.7 Å². The van der Waals surface area contributed by atoms with Gasteiger partial charge in [0.1, 0.15) is 11.7 Å². The second kappa shape index (κ2) is 3.81. The van der Waals surface area contributed by atoms with Gasteiger partial charge in [0, 0.05) is 0 Å². The Bertz CT molecular complexity index is 585. The lowest BCUT2D eigenvalue weighted by atomic mass is 9.53. The van der Waals surface area contributed by atoms with Gasteiger partial charge in [0.15, 0.2) is 5.79 Å². The molecule has 1 N–H and O–H groups in total. The van der Waals surface area contributed by atoms with Crippen LogP contribution in [0, 0.1) is 5.92 Å². The fourth-order valence-electron chi connectivity index (χ4n) is 5.71. The lowest BCUT2D eigenvalue weighted by molar-refractivity contribution is -0.157. The van der Waals surface area contributed by atoms with Crippen molar-refractivity contribution in [1.29, 1.82) is 0 Å². The molecule has 4 atom stereocenters. The number of fused-ring (bicyclic) bond motifs is 2. The van der Waals surface area contributed by atoms with Gasteiger partial charge in [-0.05, 0) is 81.4 Å². The number of hydrogen-bond acceptors (Lipinski definition) is 3. The third-order valence-electron chi connectivity index (χ3n) is 6.22. The number of aliphatic hydroxyl groups is 1. The minimum Gasteiger partial charge on any atom is -0.388 e. The maximum absolute atomic E-state index is 10.5. The Labute approximate surface area is 126 Å². The fraction of sp³-hybridized carbons (Fsp3) is 0.778. The minimum atomic E-state index is -0.496. The van der Waals surface area contributed by atoms with Gasteiger partial charge in [-0.1, -0.05) is 5.57 Å². The number of hydrogen-bond donors (Lipinski definition) is 1. The van der Waals surface area contributed by atoms with Crippen molar-refractivity contribution in [2.24, 2.45) is 5.92 Å². The zero-order valence-corrected chi connectivity index (χ0v) is 12.9. The van der Waals surface area contributed by atoms with Crippen molar-refractivity contribution in [1.82, 2.24) is 0 Å². The summed E-state index contributed by atoms with van der Waals surface area (Å²) in [6, 6.07) is 0. The van der Waals surface area contributed by atoms with Crippen LogP contribution in [0.1, 0.15) is 58.8 Å². The smallest absolute Gasteiger partial charge is 0.165 e. The van der Waals surface area contributed by atoms with E-state index in [2.05, 4.69) is 0 Å². The molecule has 1 unspecified atom stereocenters. The molecule has 114 valence electrons. The molecular weight excluding hydrogens is 264 g/mol. The molecule has 1 spiro atoms. The summed E-state index contributed by atoms with van der Waals surface area (Å²) >= 11 is 0. The fourth-order valence-corrected chi connectivity index (χ4v) is 5.71. The van der Waals surface area contributed by atoms with Crippen LogP contribution < -0.4 is 0 Å². The van der Waals surface area contributed by atoms with Gasteiger partial charge in [0.25, 0.3) is 0 Å². The number of rotatable bonds is 0. The van der Waals surface area contributed by atoms with Crippen molar-refractivity contribution in [2.45, 2.75) is 82.4 Å². The van der Waals surface area contributed by atoms with E-state index in [0.29, 0.717) is 5.92 Å². The van der Waals surface area contributed by atoms with Crippen molar-refractivity contribution in [3.63, 3.8) is 0 Å². The molecule has 3 heteroatoms. The summed E-state index contributed by atoms with van der Waals surface area (Å²) in [5.41, 5.74) is 5.46. The molecule has 0 aromatic heterocycles. The molecule has 1 heterocycles. The van der Waals surface area contributed by atoms with Crippen LogP contribution in [0.15, 0.2) is 22.3 Å². The highest BCUT2D eigenvalue weighted by atomic mass is 16.8. The highest BCUT2D eigenvalue weighted by Gasteiger charge is 2.68. The summed E-state index contributed by atoms with van der Waals surface area (Å²) in [6.45, 7) is 4.06. The Morgan fingerprint density at radius 3 is 2.86 bits per heavy atom. The normalized spacial score (nSPS) is 46.7. The van der Waals surface area contributed by atoms with Crippen LogP contribution in [0.3, 0.4) is 0 Å². The molecule has 0 bridgehead atoms. The summed E-state index contributed by atoms with van der Waals surface area (Å²) in [4.78, 5) is 0. The van der Waals surface area contributed by atoms with E-state index in [1.54, 1.807) is 0 Å². The summed E-state index contributed by atoms with van der Waals surface area (Å²) in [7, 11) is 0. The van der Waals surface area contributed by atoms with Gasteiger partial charge in [-0.25, -0.2) is 0 Å². The SMILES string of the molecule is CC1(C)O[C@H]2C3=C4[C@@H](CCC[C@@]42O1)CC1=C3C(O)CCC1. The Hall–Kier alpha value is -0.640. The topological polar surface area (TPSA) is 38.7 Å². The highest BCUT2D eigenvalue weighted by molar-refractivity contribution is 5.62. The predicted molar refractivity (Wildman–Crippen MR) is 78.6 cm³/mol. The number of ether oxygens (including phenoxy) is 2. The standard InChI is InChI=1S/C18H24O3/c1-17(2)20-16-14-13-10(5-3-7-12(13)19)9-11-6-4-8-18(16,21-17)15(11)14/h11-12,16,19H,3-9H2,1-2H3/t11-,12?,16-,18+/m0/s1. The first-order valence-electron chi connectivity index (χ1n) is 8.55. The van der Waals surface area contributed by atoms with Gasteiger partial charge in [0.05, 0.1) is 6.10 Å². The van der Waals surface area contributed by atoms with Gasteiger partial charge in [-0.3, -0.25) is 0 Å². The van der Waals surface area contributed by atoms with Crippen molar-refractivity contribution in [3.05, 3.63) is 22.3 Å². The van der Waals surface area contributed by atoms with E-state index in [4.69, 9.17) is 9.47 Å². The van der Waals surface area contributed by atoms with Crippen LogP contribution in [0.2, 0.25) is 0 Å². The average molecular weight is 288 g/mol. The van der Waals surface area contributed by atoms with Crippen molar-refractivity contribution < 1.29 is 14.6 Å². The summed E-state index contributed by atoms with van der Waals surface area (Å²) in [5.74, 6) is 0.149. The van der Waals surface area contributed by atoms with Crippen LogP contribution in [0.5, 0.6) is 0 Å². The first-order valence-corrected chi connectivity index (χ1v) is 8.55. The molecule has 4 aliphatic carbocycles. The predicted octanol–water partition coefficient (Wildman–Crippen LogP) is 3.23. The van der Waals surface area contributed by atoms with Gasteiger partial charge >= 0.3 is 0 Å². The first-order chi connectivity index (χ1) is 10.0. The monoisotopic (exact) mass is 288 g/mol.